The third kappa shape index (κ3) is 6.51. The first-order valence-corrected chi connectivity index (χ1v) is 4.51. The molecule has 0 radical (unpaired) electrons. The molecule has 0 aliphatic heterocycles. The fourth-order valence-corrected chi connectivity index (χ4v) is 0.758. The molecule has 4 nitrogen and oxygen atoms in total. The highest BCUT2D eigenvalue weighted by Gasteiger charge is 1.88. The van der Waals surface area contributed by atoms with Gasteiger partial charge in [0.25, 0.3) is 0 Å². The number of rotatable bonds is 2. The Kier molecular flexibility index (Phi) is 7.01. The van der Waals surface area contributed by atoms with Crippen molar-refractivity contribution in [3.63, 3.8) is 0 Å². The standard InChI is InChI=1S/C8H10O.C3H7NO2/c1-7-3-5-8(9-2)6-4-7;1-6-3(5)2-4/h3-6H,1-2H3;2,4H2,1H3. The number of hydrogen-bond donors (Lipinski definition) is 1. The zero-order valence-electron chi connectivity index (χ0n) is 9.32. The summed E-state index contributed by atoms with van der Waals surface area (Å²) >= 11 is 0. The molecule has 84 valence electrons. The van der Waals surface area contributed by atoms with Crippen LogP contribution in [-0.2, 0) is 9.53 Å². The van der Waals surface area contributed by atoms with E-state index >= 15 is 0 Å². The van der Waals surface area contributed by atoms with Gasteiger partial charge in [-0.2, -0.15) is 0 Å². The Balaban J connectivity index is 0.000000288. The van der Waals surface area contributed by atoms with Crippen LogP contribution in [0.1, 0.15) is 5.56 Å². The average Bonchev–Trinajstić information content (AvgIpc) is 2.30. The van der Waals surface area contributed by atoms with Crippen LogP contribution in [0.25, 0.3) is 0 Å². The van der Waals surface area contributed by atoms with Crippen molar-refractivity contribution in [3.05, 3.63) is 29.8 Å². The van der Waals surface area contributed by atoms with Crippen LogP contribution in [0.2, 0.25) is 0 Å². The molecule has 0 heterocycles. The summed E-state index contributed by atoms with van der Waals surface area (Å²) in [6, 6.07) is 7.96. The summed E-state index contributed by atoms with van der Waals surface area (Å²) in [5.74, 6) is 0.538. The molecule has 0 aromatic heterocycles. The molecule has 0 fully saturated rings. The van der Waals surface area contributed by atoms with Crippen LogP contribution in [0.15, 0.2) is 24.3 Å². The molecule has 0 spiro atoms. The summed E-state index contributed by atoms with van der Waals surface area (Å²) in [6.45, 7) is 2.02. The van der Waals surface area contributed by atoms with E-state index in [4.69, 9.17) is 10.5 Å². The Labute approximate surface area is 90.0 Å². The zero-order chi connectivity index (χ0) is 11.7. The zero-order valence-corrected chi connectivity index (χ0v) is 9.32. The van der Waals surface area contributed by atoms with E-state index in [0.29, 0.717) is 0 Å². The van der Waals surface area contributed by atoms with Gasteiger partial charge in [0.15, 0.2) is 0 Å². The van der Waals surface area contributed by atoms with Crippen molar-refractivity contribution in [2.24, 2.45) is 5.73 Å². The van der Waals surface area contributed by atoms with Crippen LogP contribution in [-0.4, -0.2) is 26.7 Å². The molecule has 0 unspecified atom stereocenters. The lowest BCUT2D eigenvalue weighted by molar-refractivity contribution is -0.138. The summed E-state index contributed by atoms with van der Waals surface area (Å²) in [6.07, 6.45) is 0. The second-order valence-corrected chi connectivity index (χ2v) is 2.80. The molecule has 1 aromatic carbocycles. The second kappa shape index (κ2) is 7.82. The molecule has 0 aliphatic rings. The van der Waals surface area contributed by atoms with Crippen molar-refractivity contribution in [2.45, 2.75) is 6.92 Å². The first-order chi connectivity index (χ1) is 7.13. The first-order valence-electron chi connectivity index (χ1n) is 4.51. The van der Waals surface area contributed by atoms with Crippen LogP contribution in [0, 0.1) is 6.92 Å². The largest absolute Gasteiger partial charge is 0.497 e. The molecule has 2 N–H and O–H groups in total. The second-order valence-electron chi connectivity index (χ2n) is 2.80. The maximum atomic E-state index is 9.83. The summed E-state index contributed by atoms with van der Waals surface area (Å²) < 4.78 is 9.10. The van der Waals surface area contributed by atoms with Gasteiger partial charge in [0.1, 0.15) is 5.75 Å². The first kappa shape index (κ1) is 13.4. The van der Waals surface area contributed by atoms with Crippen LogP contribution in [0.5, 0.6) is 5.75 Å². The van der Waals surface area contributed by atoms with E-state index in [1.54, 1.807) is 7.11 Å². The number of hydrogen-bond acceptors (Lipinski definition) is 4. The smallest absolute Gasteiger partial charge is 0.319 e. The maximum Gasteiger partial charge on any atom is 0.319 e. The van der Waals surface area contributed by atoms with Crippen molar-refractivity contribution >= 4 is 5.97 Å². The van der Waals surface area contributed by atoms with Gasteiger partial charge in [-0.25, -0.2) is 0 Å². The molecule has 0 bridgehead atoms. The Hall–Kier alpha value is -1.55. The van der Waals surface area contributed by atoms with Gasteiger partial charge in [0, 0.05) is 0 Å². The Morgan fingerprint density at radius 1 is 1.27 bits per heavy atom. The molecule has 1 aromatic rings. The topological polar surface area (TPSA) is 61.5 Å². The van der Waals surface area contributed by atoms with Gasteiger partial charge in [0.2, 0.25) is 0 Å². The number of carbonyl (C=O) groups is 1. The van der Waals surface area contributed by atoms with Gasteiger partial charge >= 0.3 is 5.97 Å². The normalized spacial score (nSPS) is 8.53. The van der Waals surface area contributed by atoms with Crippen molar-refractivity contribution in [2.75, 3.05) is 20.8 Å². The number of methoxy groups -OCH3 is 2. The number of esters is 1. The SMILES string of the molecule is COC(=O)CN.COc1ccc(C)cc1. The van der Waals surface area contributed by atoms with Crippen molar-refractivity contribution in [3.8, 4) is 5.75 Å². The molecular weight excluding hydrogens is 194 g/mol. The quantitative estimate of drug-likeness (QED) is 0.745. The van der Waals surface area contributed by atoms with Gasteiger partial charge < -0.3 is 15.2 Å². The summed E-state index contributed by atoms with van der Waals surface area (Å²) in [5, 5.41) is 0. The lowest BCUT2D eigenvalue weighted by Crippen LogP contribution is -2.14. The van der Waals surface area contributed by atoms with Gasteiger partial charge in [-0.15, -0.1) is 0 Å². The van der Waals surface area contributed by atoms with Gasteiger partial charge in [-0.1, -0.05) is 17.7 Å². The van der Waals surface area contributed by atoms with Crippen molar-refractivity contribution in [1.29, 1.82) is 0 Å². The predicted molar refractivity (Wildman–Crippen MR) is 58.8 cm³/mol. The van der Waals surface area contributed by atoms with Crippen molar-refractivity contribution in [1.82, 2.24) is 0 Å². The van der Waals surface area contributed by atoms with E-state index in [1.165, 1.54) is 12.7 Å². The van der Waals surface area contributed by atoms with Crippen LogP contribution < -0.4 is 10.5 Å². The lowest BCUT2D eigenvalue weighted by atomic mass is 10.2. The predicted octanol–water partition coefficient (Wildman–Crippen LogP) is 1.12. The van der Waals surface area contributed by atoms with Crippen LogP contribution in [0.3, 0.4) is 0 Å². The fraction of sp³-hybridized carbons (Fsp3) is 0.364. The summed E-state index contributed by atoms with van der Waals surface area (Å²) in [5.41, 5.74) is 6.07. The summed E-state index contributed by atoms with van der Waals surface area (Å²) in [4.78, 5) is 9.83. The number of ether oxygens (including phenoxy) is 2. The Bertz CT molecular complexity index is 276. The molecule has 0 saturated heterocycles. The Morgan fingerprint density at radius 3 is 2.07 bits per heavy atom. The maximum absolute atomic E-state index is 9.83. The lowest BCUT2D eigenvalue weighted by Gasteiger charge is -1.97. The highest BCUT2D eigenvalue weighted by molar-refractivity contribution is 5.70. The van der Waals surface area contributed by atoms with E-state index in [2.05, 4.69) is 11.7 Å². The molecule has 0 atom stereocenters. The van der Waals surface area contributed by atoms with E-state index in [9.17, 15) is 4.79 Å². The van der Waals surface area contributed by atoms with Crippen LogP contribution >= 0.6 is 0 Å². The van der Waals surface area contributed by atoms with Crippen molar-refractivity contribution < 1.29 is 14.3 Å². The molecule has 1 rings (SSSR count). The fourth-order valence-electron chi connectivity index (χ4n) is 0.758. The number of aryl methyl sites for hydroxylation is 1. The molecule has 15 heavy (non-hydrogen) atoms. The molecule has 0 aliphatic carbocycles. The number of benzene rings is 1. The van der Waals surface area contributed by atoms with E-state index in [1.807, 2.05) is 24.3 Å². The number of carbonyl (C=O) groups excluding carboxylic acids is 1. The van der Waals surface area contributed by atoms with Gasteiger partial charge in [0.05, 0.1) is 20.8 Å². The van der Waals surface area contributed by atoms with E-state index < -0.39 is 0 Å². The highest BCUT2D eigenvalue weighted by Crippen LogP contribution is 2.09. The molecule has 0 saturated carbocycles. The summed E-state index contributed by atoms with van der Waals surface area (Å²) in [7, 11) is 2.97. The van der Waals surface area contributed by atoms with Gasteiger partial charge in [-0.05, 0) is 19.1 Å². The van der Waals surface area contributed by atoms with E-state index in [-0.39, 0.29) is 12.5 Å². The van der Waals surface area contributed by atoms with Crippen LogP contribution in [0.4, 0.5) is 0 Å². The third-order valence-corrected chi connectivity index (χ3v) is 1.65. The monoisotopic (exact) mass is 211 g/mol. The minimum absolute atomic E-state index is 0.0312. The third-order valence-electron chi connectivity index (χ3n) is 1.65. The minimum atomic E-state index is -0.380. The van der Waals surface area contributed by atoms with Gasteiger partial charge in [-0.3, -0.25) is 4.79 Å². The molecular formula is C11H17NO3. The average molecular weight is 211 g/mol. The Morgan fingerprint density at radius 2 is 1.80 bits per heavy atom. The molecule has 4 heteroatoms. The molecule has 0 amide bonds. The minimum Gasteiger partial charge on any atom is -0.497 e. The van der Waals surface area contributed by atoms with E-state index in [0.717, 1.165) is 5.75 Å². The number of nitrogens with two attached hydrogens (primary N) is 1. The highest BCUT2D eigenvalue weighted by atomic mass is 16.5.